The third kappa shape index (κ3) is 3.02. The minimum atomic E-state index is -1.57. The summed E-state index contributed by atoms with van der Waals surface area (Å²) < 4.78 is 0. The number of benzene rings is 1. The summed E-state index contributed by atoms with van der Waals surface area (Å²) in [5, 5.41) is 28.9. The summed E-state index contributed by atoms with van der Waals surface area (Å²) >= 11 is 5.43. The molecule has 0 saturated carbocycles. The minimum Gasteiger partial charge on any atom is -0.478 e. The van der Waals surface area contributed by atoms with Crippen LogP contribution in [-0.4, -0.2) is 20.9 Å². The van der Waals surface area contributed by atoms with E-state index in [0.717, 1.165) is 0 Å². The van der Waals surface area contributed by atoms with Crippen LogP contribution < -0.4 is 0 Å². The second-order valence-electron chi connectivity index (χ2n) is 2.65. The molecule has 1 aromatic carbocycles. The number of aromatic carboxylic acids is 1. The zero-order valence-corrected chi connectivity index (χ0v) is 9.40. The van der Waals surface area contributed by atoms with Gasteiger partial charge in [-0.1, -0.05) is 11.6 Å². The molecule has 1 N–H and O–H groups in total. The standard InChI is InChI=1S/C7H3ClN2O6.ClH/c8-6-4(7(11)12)1-3(9(13)14)2-5(6)10(15)16;/h1-2H,(H,11,12);1H. The topological polar surface area (TPSA) is 124 Å². The smallest absolute Gasteiger partial charge is 0.337 e. The van der Waals surface area contributed by atoms with Crippen molar-refractivity contribution in [1.29, 1.82) is 0 Å². The van der Waals surface area contributed by atoms with Crippen LogP contribution in [0.1, 0.15) is 10.4 Å². The SMILES string of the molecule is Cl.O=C(O)c1cc([N+](=O)[O-])cc([N+](=O)[O-])c1Cl. The quantitative estimate of drug-likeness (QED) is 0.670. The predicted molar refractivity (Wildman–Crippen MR) is 59.0 cm³/mol. The summed E-state index contributed by atoms with van der Waals surface area (Å²) in [6.07, 6.45) is 0. The lowest BCUT2D eigenvalue weighted by molar-refractivity contribution is -0.394. The molecule has 0 radical (unpaired) electrons. The first-order chi connectivity index (χ1) is 7.34. The number of nitro groups is 2. The van der Waals surface area contributed by atoms with Crippen LogP contribution in [0.2, 0.25) is 5.02 Å². The van der Waals surface area contributed by atoms with Crippen molar-refractivity contribution >= 4 is 41.4 Å². The van der Waals surface area contributed by atoms with Crippen LogP contribution in [-0.2, 0) is 0 Å². The van der Waals surface area contributed by atoms with Crippen LogP contribution in [0.25, 0.3) is 0 Å². The number of carboxylic acid groups (broad SMARTS) is 1. The van der Waals surface area contributed by atoms with Gasteiger partial charge in [-0.2, -0.15) is 0 Å². The molecule has 1 rings (SSSR count). The molecule has 1 aromatic rings. The molecule has 0 spiro atoms. The van der Waals surface area contributed by atoms with Crippen molar-refractivity contribution in [2.75, 3.05) is 0 Å². The first kappa shape index (κ1) is 15.1. The first-order valence-electron chi connectivity index (χ1n) is 3.70. The molecule has 17 heavy (non-hydrogen) atoms. The van der Waals surface area contributed by atoms with E-state index in [4.69, 9.17) is 16.7 Å². The zero-order chi connectivity index (χ0) is 12.5. The van der Waals surface area contributed by atoms with Crippen LogP contribution in [0.15, 0.2) is 12.1 Å². The molecular formula is C7H4Cl2N2O6. The average Bonchev–Trinajstić information content (AvgIpc) is 2.16. The summed E-state index contributed by atoms with van der Waals surface area (Å²) in [4.78, 5) is 29.6. The van der Waals surface area contributed by atoms with Gasteiger partial charge in [0.1, 0.15) is 5.02 Å². The van der Waals surface area contributed by atoms with Crippen molar-refractivity contribution in [3.05, 3.63) is 42.9 Å². The molecule has 0 amide bonds. The highest BCUT2D eigenvalue weighted by molar-refractivity contribution is 6.35. The highest BCUT2D eigenvalue weighted by Crippen LogP contribution is 2.32. The summed E-state index contributed by atoms with van der Waals surface area (Å²) in [5.41, 5.74) is -2.19. The van der Waals surface area contributed by atoms with E-state index in [1.54, 1.807) is 0 Å². The third-order valence-electron chi connectivity index (χ3n) is 1.68. The van der Waals surface area contributed by atoms with Gasteiger partial charge in [0.25, 0.3) is 11.4 Å². The molecule has 0 aromatic heterocycles. The fraction of sp³-hybridized carbons (Fsp3) is 0. The van der Waals surface area contributed by atoms with Crippen molar-refractivity contribution in [2.24, 2.45) is 0 Å². The number of halogens is 2. The van der Waals surface area contributed by atoms with Crippen molar-refractivity contribution in [3.63, 3.8) is 0 Å². The molecule has 0 unspecified atom stereocenters. The highest BCUT2D eigenvalue weighted by atomic mass is 35.5. The summed E-state index contributed by atoms with van der Waals surface area (Å²) in [6, 6.07) is 1.27. The third-order valence-corrected chi connectivity index (χ3v) is 2.07. The lowest BCUT2D eigenvalue weighted by atomic mass is 10.1. The van der Waals surface area contributed by atoms with Gasteiger partial charge >= 0.3 is 5.97 Å². The Labute approximate surface area is 105 Å². The Morgan fingerprint density at radius 2 is 1.76 bits per heavy atom. The second kappa shape index (κ2) is 5.41. The van der Waals surface area contributed by atoms with Crippen molar-refractivity contribution in [2.45, 2.75) is 0 Å². The van der Waals surface area contributed by atoms with Gasteiger partial charge in [0.05, 0.1) is 21.5 Å². The van der Waals surface area contributed by atoms with Crippen molar-refractivity contribution in [1.82, 2.24) is 0 Å². The van der Waals surface area contributed by atoms with Crippen LogP contribution in [0.5, 0.6) is 0 Å². The molecule has 10 heteroatoms. The van der Waals surface area contributed by atoms with Crippen LogP contribution in [0.4, 0.5) is 11.4 Å². The molecule has 92 valence electrons. The molecule has 0 aliphatic rings. The Morgan fingerprint density at radius 3 is 2.12 bits per heavy atom. The number of rotatable bonds is 3. The van der Waals surface area contributed by atoms with Gasteiger partial charge in [-0.05, 0) is 0 Å². The Morgan fingerprint density at radius 1 is 1.24 bits per heavy atom. The fourth-order valence-electron chi connectivity index (χ4n) is 0.988. The minimum absolute atomic E-state index is 0. The maximum atomic E-state index is 10.6. The highest BCUT2D eigenvalue weighted by Gasteiger charge is 2.25. The predicted octanol–water partition coefficient (Wildman–Crippen LogP) is 2.28. The Hall–Kier alpha value is -1.93. The number of nitro benzene ring substituents is 2. The van der Waals surface area contributed by atoms with Gasteiger partial charge < -0.3 is 5.11 Å². The zero-order valence-electron chi connectivity index (χ0n) is 7.82. The summed E-state index contributed by atoms with van der Waals surface area (Å²) in [7, 11) is 0. The molecular weight excluding hydrogens is 279 g/mol. The van der Waals surface area contributed by atoms with Crippen molar-refractivity contribution in [3.8, 4) is 0 Å². The van der Waals surface area contributed by atoms with E-state index in [1.165, 1.54) is 0 Å². The monoisotopic (exact) mass is 282 g/mol. The van der Waals surface area contributed by atoms with E-state index in [1.807, 2.05) is 0 Å². The number of hydrogen-bond donors (Lipinski definition) is 1. The van der Waals surface area contributed by atoms with E-state index in [-0.39, 0.29) is 12.4 Å². The fourth-order valence-corrected chi connectivity index (χ4v) is 1.25. The Balaban J connectivity index is 0.00000256. The second-order valence-corrected chi connectivity index (χ2v) is 3.02. The lowest BCUT2D eigenvalue weighted by Crippen LogP contribution is -2.02. The van der Waals surface area contributed by atoms with Crippen LogP contribution >= 0.6 is 24.0 Å². The maximum absolute atomic E-state index is 10.6. The number of hydrogen-bond acceptors (Lipinski definition) is 5. The van der Waals surface area contributed by atoms with E-state index < -0.39 is 37.8 Å². The number of nitrogens with zero attached hydrogens (tertiary/aromatic N) is 2. The molecule has 0 heterocycles. The Bertz CT molecular complexity index is 468. The van der Waals surface area contributed by atoms with E-state index in [2.05, 4.69) is 0 Å². The van der Waals surface area contributed by atoms with Gasteiger partial charge in [0.15, 0.2) is 0 Å². The average molecular weight is 283 g/mol. The van der Waals surface area contributed by atoms with E-state index in [0.29, 0.717) is 12.1 Å². The van der Waals surface area contributed by atoms with Gasteiger partial charge in [0, 0.05) is 6.07 Å². The molecule has 0 saturated heterocycles. The van der Waals surface area contributed by atoms with Gasteiger partial charge in [-0.25, -0.2) is 4.79 Å². The van der Waals surface area contributed by atoms with Gasteiger partial charge in [-0.15, -0.1) is 12.4 Å². The van der Waals surface area contributed by atoms with Crippen molar-refractivity contribution < 1.29 is 19.7 Å². The molecule has 0 aliphatic carbocycles. The Kier molecular flexibility index (Phi) is 4.80. The largest absolute Gasteiger partial charge is 0.478 e. The molecule has 0 atom stereocenters. The summed E-state index contributed by atoms with van der Waals surface area (Å²) in [5.74, 6) is -1.57. The lowest BCUT2D eigenvalue weighted by Gasteiger charge is -2.00. The van der Waals surface area contributed by atoms with E-state index in [9.17, 15) is 25.0 Å². The molecule has 8 nitrogen and oxygen atoms in total. The van der Waals surface area contributed by atoms with E-state index >= 15 is 0 Å². The molecule has 0 fully saturated rings. The van der Waals surface area contributed by atoms with Gasteiger partial charge in [-0.3, -0.25) is 20.2 Å². The number of carboxylic acids is 1. The maximum Gasteiger partial charge on any atom is 0.337 e. The molecule has 0 aliphatic heterocycles. The summed E-state index contributed by atoms with van der Waals surface area (Å²) in [6.45, 7) is 0. The molecule has 0 bridgehead atoms. The van der Waals surface area contributed by atoms with Gasteiger partial charge in [0.2, 0.25) is 0 Å². The van der Waals surface area contributed by atoms with Crippen LogP contribution in [0, 0.1) is 20.2 Å². The van der Waals surface area contributed by atoms with Crippen LogP contribution in [0.3, 0.4) is 0 Å². The first-order valence-corrected chi connectivity index (χ1v) is 4.08. The number of non-ortho nitro benzene ring substituents is 1. The number of carbonyl (C=O) groups is 1. The normalized spacial score (nSPS) is 9.24.